The zero-order valence-corrected chi connectivity index (χ0v) is 26.0. The molecule has 2 aromatic carbocycles. The maximum atomic E-state index is 13.5. The first kappa shape index (κ1) is 33.6. The maximum Gasteiger partial charge on any atom is 0.255 e. The molecule has 0 unspecified atom stereocenters. The molecule has 234 valence electrons. The molecule has 0 fully saturated rings. The summed E-state index contributed by atoms with van der Waals surface area (Å²) in [6.07, 6.45) is 0.547. The fraction of sp³-hybridized carbons (Fsp3) is 0.515. The minimum atomic E-state index is -1.04. The third-order valence-electron chi connectivity index (χ3n) is 7.55. The van der Waals surface area contributed by atoms with E-state index in [0.29, 0.717) is 12.2 Å². The predicted octanol–water partition coefficient (Wildman–Crippen LogP) is 3.86. The molecular weight excluding hydrogens is 551 g/mol. The smallest absolute Gasteiger partial charge is 0.255 e. The van der Waals surface area contributed by atoms with E-state index in [1.165, 1.54) is 12.1 Å². The van der Waals surface area contributed by atoms with Gasteiger partial charge < -0.3 is 26.0 Å². The summed E-state index contributed by atoms with van der Waals surface area (Å²) in [6.45, 7) is 11.9. The second kappa shape index (κ2) is 15.0. The molecule has 0 aliphatic carbocycles. The molecule has 0 spiro atoms. The summed E-state index contributed by atoms with van der Waals surface area (Å²) in [5.74, 6) is -1.65. The number of carbonyl (C=O) groups excluding carboxylic acids is 4. The number of ether oxygens (including phenoxy) is 1. The third-order valence-corrected chi connectivity index (χ3v) is 7.55. The van der Waals surface area contributed by atoms with Crippen molar-refractivity contribution in [3.63, 3.8) is 0 Å². The normalized spacial score (nSPS) is 20.6. The van der Waals surface area contributed by atoms with Gasteiger partial charge in [-0.05, 0) is 54.5 Å². The quantitative estimate of drug-likeness (QED) is 0.386. The van der Waals surface area contributed by atoms with Gasteiger partial charge in [-0.3, -0.25) is 19.2 Å². The summed E-state index contributed by atoms with van der Waals surface area (Å²) in [6, 6.07) is 10.6. The molecule has 1 aliphatic rings. The number of hydrogen-bond acceptors (Lipinski definition) is 5. The van der Waals surface area contributed by atoms with Gasteiger partial charge in [-0.15, -0.1) is 0 Å². The van der Waals surface area contributed by atoms with Gasteiger partial charge in [-0.2, -0.15) is 0 Å². The molecule has 0 radical (unpaired) electrons. The molecular formula is C33H45FN4O5. The Balaban J connectivity index is 1.87. The summed E-state index contributed by atoms with van der Waals surface area (Å²) in [4.78, 5) is 53.2. The van der Waals surface area contributed by atoms with E-state index in [4.69, 9.17) is 4.74 Å². The number of carbonyl (C=O) groups is 4. The minimum Gasteiger partial charge on any atom is -0.491 e. The van der Waals surface area contributed by atoms with Crippen LogP contribution in [0.1, 0.15) is 76.7 Å². The highest BCUT2D eigenvalue weighted by Crippen LogP contribution is 2.23. The Labute approximate surface area is 253 Å². The number of nitrogens with one attached hydrogen (secondary N) is 4. The Kier molecular flexibility index (Phi) is 11.7. The van der Waals surface area contributed by atoms with Crippen LogP contribution in [0.4, 0.5) is 4.39 Å². The van der Waals surface area contributed by atoms with Crippen molar-refractivity contribution < 1.29 is 28.3 Å². The van der Waals surface area contributed by atoms with E-state index in [2.05, 4.69) is 21.3 Å². The Morgan fingerprint density at radius 2 is 1.67 bits per heavy atom. The highest BCUT2D eigenvalue weighted by molar-refractivity contribution is 6.00. The second-order valence-electron chi connectivity index (χ2n) is 12.6. The predicted molar refractivity (Wildman–Crippen MR) is 163 cm³/mol. The number of para-hydroxylation sites is 1. The summed E-state index contributed by atoms with van der Waals surface area (Å²) in [5.41, 5.74) is 0.538. The first-order chi connectivity index (χ1) is 20.3. The molecule has 4 N–H and O–H groups in total. The summed E-state index contributed by atoms with van der Waals surface area (Å²) in [5, 5.41) is 11.5. The molecule has 2 aromatic rings. The lowest BCUT2D eigenvalue weighted by molar-refractivity contribution is -0.131. The molecule has 1 heterocycles. The highest BCUT2D eigenvalue weighted by atomic mass is 19.1. The molecule has 4 amide bonds. The van der Waals surface area contributed by atoms with Crippen molar-refractivity contribution >= 4 is 23.6 Å². The van der Waals surface area contributed by atoms with Crippen LogP contribution in [0.25, 0.3) is 0 Å². The fourth-order valence-corrected chi connectivity index (χ4v) is 4.99. The van der Waals surface area contributed by atoms with Crippen molar-refractivity contribution in [3.05, 3.63) is 65.5 Å². The molecule has 0 saturated heterocycles. The zero-order chi connectivity index (χ0) is 31.7. The van der Waals surface area contributed by atoms with Crippen LogP contribution in [0.2, 0.25) is 0 Å². The van der Waals surface area contributed by atoms with E-state index in [1.54, 1.807) is 36.4 Å². The van der Waals surface area contributed by atoms with Gasteiger partial charge in [0.05, 0.1) is 11.6 Å². The molecule has 3 atom stereocenters. The lowest BCUT2D eigenvalue weighted by Gasteiger charge is -2.27. The summed E-state index contributed by atoms with van der Waals surface area (Å²) < 4.78 is 19.5. The molecule has 1 aliphatic heterocycles. The molecule has 3 rings (SSSR count). The lowest BCUT2D eigenvalue weighted by atomic mass is 9.84. The first-order valence-corrected chi connectivity index (χ1v) is 14.9. The topological polar surface area (TPSA) is 126 Å². The zero-order valence-electron chi connectivity index (χ0n) is 26.0. The van der Waals surface area contributed by atoms with Crippen LogP contribution in [0, 0.1) is 17.7 Å². The van der Waals surface area contributed by atoms with Gasteiger partial charge in [0, 0.05) is 18.4 Å². The largest absolute Gasteiger partial charge is 0.491 e. The summed E-state index contributed by atoms with van der Waals surface area (Å²) >= 11 is 0. The SMILES string of the molecule is CC(C)C[C@@H]1COc2ccccc2C(=O)N[C@H](C(=O)NCC(C)(C)c2ccc(F)cc2)CCC(=O)N[C@@H](C(C)C)C(=O)N1. The Bertz CT molecular complexity index is 1280. The van der Waals surface area contributed by atoms with Crippen LogP contribution in [0.3, 0.4) is 0 Å². The standard InChI is InChI=1S/C33H45FN4O5/c1-20(2)17-24-18-43-27-10-8-7-9-25(27)30(40)37-26(15-16-28(39)38-29(21(3)4)32(42)36-24)31(41)35-19-33(5,6)22-11-13-23(34)14-12-22/h7-14,20-21,24,26,29H,15-19H2,1-6H3,(H,35,41)(H,36,42)(H,37,40)(H,38,39)/t24-,26+,29+/m1/s1. The second-order valence-corrected chi connectivity index (χ2v) is 12.6. The molecule has 0 bridgehead atoms. The van der Waals surface area contributed by atoms with Crippen molar-refractivity contribution in [2.75, 3.05) is 13.2 Å². The van der Waals surface area contributed by atoms with Gasteiger partial charge in [-0.1, -0.05) is 65.8 Å². The van der Waals surface area contributed by atoms with Gasteiger partial charge in [0.2, 0.25) is 17.7 Å². The summed E-state index contributed by atoms with van der Waals surface area (Å²) in [7, 11) is 0. The molecule has 10 heteroatoms. The van der Waals surface area contributed by atoms with Crippen molar-refractivity contribution in [2.45, 2.75) is 84.3 Å². The van der Waals surface area contributed by atoms with Crippen molar-refractivity contribution in [1.82, 2.24) is 21.3 Å². The van der Waals surface area contributed by atoms with Gasteiger partial charge in [-0.25, -0.2) is 4.39 Å². The number of benzene rings is 2. The molecule has 9 nitrogen and oxygen atoms in total. The molecule has 0 saturated carbocycles. The molecule has 43 heavy (non-hydrogen) atoms. The van der Waals surface area contributed by atoms with E-state index in [-0.39, 0.29) is 61.2 Å². The lowest BCUT2D eigenvalue weighted by Crippen LogP contribution is -2.53. The van der Waals surface area contributed by atoms with Crippen LogP contribution in [0.5, 0.6) is 5.75 Å². The van der Waals surface area contributed by atoms with Gasteiger partial charge >= 0.3 is 0 Å². The van der Waals surface area contributed by atoms with Crippen LogP contribution in [-0.2, 0) is 19.8 Å². The average Bonchev–Trinajstić information content (AvgIpc) is 2.95. The maximum absolute atomic E-state index is 13.5. The van der Waals surface area contributed by atoms with Crippen LogP contribution >= 0.6 is 0 Å². The number of rotatable bonds is 7. The van der Waals surface area contributed by atoms with E-state index in [1.807, 2.05) is 41.5 Å². The Hall–Kier alpha value is -3.95. The fourth-order valence-electron chi connectivity index (χ4n) is 4.99. The van der Waals surface area contributed by atoms with E-state index < -0.39 is 35.2 Å². The third kappa shape index (κ3) is 9.80. The van der Waals surface area contributed by atoms with Crippen LogP contribution in [0.15, 0.2) is 48.5 Å². The van der Waals surface area contributed by atoms with Gasteiger partial charge in [0.1, 0.15) is 30.3 Å². The van der Waals surface area contributed by atoms with Crippen LogP contribution in [-0.4, -0.2) is 54.9 Å². The van der Waals surface area contributed by atoms with E-state index in [0.717, 1.165) is 5.56 Å². The number of halogens is 1. The minimum absolute atomic E-state index is 0.00577. The highest BCUT2D eigenvalue weighted by Gasteiger charge is 2.30. The average molecular weight is 597 g/mol. The Morgan fingerprint density at radius 1 is 1.00 bits per heavy atom. The van der Waals surface area contributed by atoms with Gasteiger partial charge in [0.25, 0.3) is 5.91 Å². The van der Waals surface area contributed by atoms with E-state index in [9.17, 15) is 23.6 Å². The number of hydrogen-bond donors (Lipinski definition) is 4. The number of fused-ring (bicyclic) bond motifs is 1. The Morgan fingerprint density at radius 3 is 2.33 bits per heavy atom. The molecule has 0 aromatic heterocycles. The van der Waals surface area contributed by atoms with Crippen molar-refractivity contribution in [3.8, 4) is 5.75 Å². The monoisotopic (exact) mass is 596 g/mol. The van der Waals surface area contributed by atoms with Crippen LogP contribution < -0.4 is 26.0 Å². The van der Waals surface area contributed by atoms with Crippen molar-refractivity contribution in [1.29, 1.82) is 0 Å². The first-order valence-electron chi connectivity index (χ1n) is 14.9. The van der Waals surface area contributed by atoms with E-state index >= 15 is 0 Å². The van der Waals surface area contributed by atoms with Crippen molar-refractivity contribution in [2.24, 2.45) is 11.8 Å². The number of amides is 4. The van der Waals surface area contributed by atoms with Gasteiger partial charge in [0.15, 0.2) is 0 Å².